The zero-order valence-corrected chi connectivity index (χ0v) is 10.5. The Morgan fingerprint density at radius 3 is 2.31 bits per heavy atom. The van der Waals surface area contributed by atoms with Gasteiger partial charge in [-0.3, -0.25) is 4.79 Å². The van der Waals surface area contributed by atoms with Gasteiger partial charge in [0.05, 0.1) is 0 Å². The summed E-state index contributed by atoms with van der Waals surface area (Å²) in [5.41, 5.74) is 0. The third-order valence-corrected chi connectivity index (χ3v) is 3.75. The number of carbonyl (C=O) groups is 1. The maximum atomic E-state index is 11.2. The molecule has 1 fully saturated rings. The largest absolute Gasteiger partial charge is 0.480 e. The van der Waals surface area contributed by atoms with Crippen LogP contribution in [0.2, 0.25) is 0 Å². The monoisotopic (exact) mass is 227 g/mol. The lowest BCUT2D eigenvalue weighted by Gasteiger charge is -2.25. The average Bonchev–Trinajstić information content (AvgIpc) is 2.52. The fourth-order valence-electron chi connectivity index (χ4n) is 2.41. The smallest absolute Gasteiger partial charge is 0.320 e. The third-order valence-electron chi connectivity index (χ3n) is 3.75. The zero-order chi connectivity index (χ0) is 12.0. The molecule has 1 saturated carbocycles. The Labute approximate surface area is 98.6 Å². The fourth-order valence-corrected chi connectivity index (χ4v) is 2.41. The standard InChI is InChI=1S/C13H25NO2/c1-3-10(2)12(13(15)16)14-11-8-6-4-5-7-9-11/h10-12,14H,3-9H2,1-2H3,(H,15,16). The topological polar surface area (TPSA) is 49.3 Å². The second-order valence-electron chi connectivity index (χ2n) is 5.06. The van der Waals surface area contributed by atoms with Crippen molar-refractivity contribution in [1.82, 2.24) is 5.32 Å². The zero-order valence-electron chi connectivity index (χ0n) is 10.5. The van der Waals surface area contributed by atoms with Gasteiger partial charge in [-0.05, 0) is 18.8 Å². The Morgan fingerprint density at radius 2 is 1.88 bits per heavy atom. The van der Waals surface area contributed by atoms with Crippen molar-refractivity contribution in [2.45, 2.75) is 70.9 Å². The van der Waals surface area contributed by atoms with Crippen molar-refractivity contribution in [3.63, 3.8) is 0 Å². The second-order valence-corrected chi connectivity index (χ2v) is 5.06. The average molecular weight is 227 g/mol. The molecule has 94 valence electrons. The van der Waals surface area contributed by atoms with Gasteiger partial charge in [0.25, 0.3) is 0 Å². The van der Waals surface area contributed by atoms with Gasteiger partial charge in [0.1, 0.15) is 6.04 Å². The van der Waals surface area contributed by atoms with Gasteiger partial charge in [-0.25, -0.2) is 0 Å². The first-order valence-corrected chi connectivity index (χ1v) is 6.64. The van der Waals surface area contributed by atoms with E-state index < -0.39 is 5.97 Å². The van der Waals surface area contributed by atoms with Crippen LogP contribution in [0.1, 0.15) is 58.8 Å². The fraction of sp³-hybridized carbons (Fsp3) is 0.923. The van der Waals surface area contributed by atoms with E-state index >= 15 is 0 Å². The van der Waals surface area contributed by atoms with E-state index in [-0.39, 0.29) is 12.0 Å². The minimum Gasteiger partial charge on any atom is -0.480 e. The lowest BCUT2D eigenvalue weighted by molar-refractivity contribution is -0.141. The Hall–Kier alpha value is -0.570. The summed E-state index contributed by atoms with van der Waals surface area (Å²) in [7, 11) is 0. The van der Waals surface area contributed by atoms with Crippen molar-refractivity contribution >= 4 is 5.97 Å². The normalized spacial score (nSPS) is 22.4. The van der Waals surface area contributed by atoms with Gasteiger partial charge in [-0.1, -0.05) is 46.0 Å². The molecule has 3 nitrogen and oxygen atoms in total. The van der Waals surface area contributed by atoms with Crippen molar-refractivity contribution in [3.8, 4) is 0 Å². The van der Waals surface area contributed by atoms with Gasteiger partial charge in [0.2, 0.25) is 0 Å². The summed E-state index contributed by atoms with van der Waals surface area (Å²) in [6, 6.07) is 0.0469. The summed E-state index contributed by atoms with van der Waals surface area (Å²) >= 11 is 0. The lowest BCUT2D eigenvalue weighted by atomic mass is 9.97. The van der Waals surface area contributed by atoms with Gasteiger partial charge in [0.15, 0.2) is 0 Å². The minimum atomic E-state index is -0.696. The SMILES string of the molecule is CCC(C)C(NC1CCCCCC1)C(=O)O. The molecule has 1 aliphatic rings. The van der Waals surface area contributed by atoms with Crippen LogP contribution in [0.25, 0.3) is 0 Å². The van der Waals surface area contributed by atoms with Crippen LogP contribution in [0.5, 0.6) is 0 Å². The number of nitrogens with one attached hydrogen (secondary N) is 1. The molecule has 0 heterocycles. The molecule has 0 aromatic heterocycles. The van der Waals surface area contributed by atoms with E-state index in [0.29, 0.717) is 6.04 Å². The molecule has 0 spiro atoms. The molecule has 0 bridgehead atoms. The second kappa shape index (κ2) is 6.89. The van der Waals surface area contributed by atoms with Crippen molar-refractivity contribution in [3.05, 3.63) is 0 Å². The Balaban J connectivity index is 2.49. The highest BCUT2D eigenvalue weighted by atomic mass is 16.4. The van der Waals surface area contributed by atoms with Crippen LogP contribution in [-0.4, -0.2) is 23.2 Å². The minimum absolute atomic E-state index is 0.209. The van der Waals surface area contributed by atoms with Gasteiger partial charge in [0, 0.05) is 6.04 Å². The molecule has 0 amide bonds. The predicted octanol–water partition coefficient (Wildman–Crippen LogP) is 2.80. The van der Waals surface area contributed by atoms with E-state index in [2.05, 4.69) is 12.2 Å². The van der Waals surface area contributed by atoms with Gasteiger partial charge in [-0.2, -0.15) is 0 Å². The first-order chi connectivity index (χ1) is 7.65. The number of carboxylic acids is 1. The maximum absolute atomic E-state index is 11.2. The van der Waals surface area contributed by atoms with Crippen molar-refractivity contribution in [2.75, 3.05) is 0 Å². The molecule has 3 heteroatoms. The van der Waals surface area contributed by atoms with Crippen LogP contribution in [0.4, 0.5) is 0 Å². The molecule has 2 N–H and O–H groups in total. The summed E-state index contributed by atoms with van der Waals surface area (Å²) in [5.74, 6) is -0.487. The molecule has 0 radical (unpaired) electrons. The van der Waals surface area contributed by atoms with E-state index in [1.54, 1.807) is 0 Å². The molecule has 1 rings (SSSR count). The first kappa shape index (κ1) is 13.5. The number of carboxylic acid groups (broad SMARTS) is 1. The Morgan fingerprint density at radius 1 is 1.31 bits per heavy atom. The maximum Gasteiger partial charge on any atom is 0.320 e. The molecular weight excluding hydrogens is 202 g/mol. The summed E-state index contributed by atoms with van der Waals surface area (Å²) in [6.07, 6.45) is 8.28. The van der Waals surface area contributed by atoms with E-state index in [1.165, 1.54) is 25.7 Å². The third kappa shape index (κ3) is 4.12. The van der Waals surface area contributed by atoms with Crippen molar-refractivity contribution in [1.29, 1.82) is 0 Å². The van der Waals surface area contributed by atoms with E-state index in [0.717, 1.165) is 19.3 Å². The van der Waals surface area contributed by atoms with E-state index in [1.807, 2.05) is 6.92 Å². The van der Waals surface area contributed by atoms with Crippen LogP contribution in [0.15, 0.2) is 0 Å². The highest BCUT2D eigenvalue weighted by molar-refractivity contribution is 5.73. The number of hydrogen-bond donors (Lipinski definition) is 2. The molecule has 1 aliphatic carbocycles. The summed E-state index contributed by atoms with van der Waals surface area (Å²) in [5, 5.41) is 12.6. The Bertz CT molecular complexity index is 210. The lowest BCUT2D eigenvalue weighted by Crippen LogP contribution is -2.46. The van der Waals surface area contributed by atoms with E-state index in [9.17, 15) is 9.90 Å². The van der Waals surface area contributed by atoms with Crippen LogP contribution in [0.3, 0.4) is 0 Å². The van der Waals surface area contributed by atoms with Crippen LogP contribution < -0.4 is 5.32 Å². The number of aliphatic carboxylic acids is 1. The Kier molecular flexibility index (Phi) is 5.81. The number of hydrogen-bond acceptors (Lipinski definition) is 2. The number of rotatable bonds is 5. The van der Waals surface area contributed by atoms with Crippen molar-refractivity contribution in [2.24, 2.45) is 5.92 Å². The summed E-state index contributed by atoms with van der Waals surface area (Å²) in [6.45, 7) is 4.07. The van der Waals surface area contributed by atoms with Crippen LogP contribution in [-0.2, 0) is 4.79 Å². The molecule has 0 aromatic rings. The van der Waals surface area contributed by atoms with Crippen LogP contribution in [0, 0.1) is 5.92 Å². The molecule has 2 unspecified atom stereocenters. The first-order valence-electron chi connectivity index (χ1n) is 6.64. The molecule has 2 atom stereocenters. The highest BCUT2D eigenvalue weighted by Gasteiger charge is 2.26. The summed E-state index contributed by atoms with van der Waals surface area (Å²) < 4.78 is 0. The molecular formula is C13H25NO2. The molecule has 16 heavy (non-hydrogen) atoms. The quantitative estimate of drug-likeness (QED) is 0.710. The predicted molar refractivity (Wildman–Crippen MR) is 65.5 cm³/mol. The van der Waals surface area contributed by atoms with Crippen LogP contribution >= 0.6 is 0 Å². The molecule has 0 aliphatic heterocycles. The van der Waals surface area contributed by atoms with Gasteiger partial charge in [-0.15, -0.1) is 0 Å². The van der Waals surface area contributed by atoms with Gasteiger partial charge >= 0.3 is 5.97 Å². The van der Waals surface area contributed by atoms with Gasteiger partial charge < -0.3 is 10.4 Å². The van der Waals surface area contributed by atoms with E-state index in [4.69, 9.17) is 0 Å². The molecule has 0 saturated heterocycles. The molecule has 0 aromatic carbocycles. The van der Waals surface area contributed by atoms with Crippen molar-refractivity contribution < 1.29 is 9.90 Å². The summed E-state index contributed by atoms with van der Waals surface area (Å²) in [4.78, 5) is 11.2. The highest BCUT2D eigenvalue weighted by Crippen LogP contribution is 2.19.